The van der Waals surface area contributed by atoms with E-state index >= 15 is 0 Å². The number of rotatable bonds is 11. The first-order valence-electron chi connectivity index (χ1n) is 10.9. The van der Waals surface area contributed by atoms with Gasteiger partial charge in [-0.1, -0.05) is 48.6 Å². The van der Waals surface area contributed by atoms with E-state index in [2.05, 4.69) is 4.57 Å². The number of unbranched alkanes of at least 4 members (excludes halogenated alkanes) is 1. The fourth-order valence-corrected chi connectivity index (χ4v) is 4.01. The highest BCUT2D eigenvalue weighted by Crippen LogP contribution is 2.31. The molecule has 0 saturated carbocycles. The maximum atomic E-state index is 11.5. The molecule has 0 aliphatic carbocycles. The molecule has 33 heavy (non-hydrogen) atoms. The van der Waals surface area contributed by atoms with Crippen molar-refractivity contribution in [3.63, 3.8) is 0 Å². The zero-order valence-corrected chi connectivity index (χ0v) is 19.8. The van der Waals surface area contributed by atoms with Crippen molar-refractivity contribution < 1.29 is 17.9 Å². The van der Waals surface area contributed by atoms with Crippen LogP contribution in [0.5, 0.6) is 11.5 Å². The van der Waals surface area contributed by atoms with Crippen LogP contribution in [0, 0.1) is 0 Å². The predicted molar refractivity (Wildman–Crippen MR) is 134 cm³/mol. The van der Waals surface area contributed by atoms with Gasteiger partial charge in [0.1, 0.15) is 17.8 Å². The average molecular weight is 464 g/mol. The van der Waals surface area contributed by atoms with Crippen LogP contribution in [0.4, 0.5) is 0 Å². The number of aromatic nitrogens is 1. The number of hydrogen-bond acceptors (Lipinski definition) is 4. The number of nitrogens with zero attached hydrogens (tertiary/aromatic N) is 1. The molecule has 0 aliphatic heterocycles. The van der Waals surface area contributed by atoms with Gasteiger partial charge >= 0.3 is 0 Å². The first-order chi connectivity index (χ1) is 15.9. The van der Waals surface area contributed by atoms with Gasteiger partial charge < -0.3 is 14.1 Å². The standard InChI is InChI=1S/C27H29NO4S/c1-3-22(12-10-20-33(2,30)31)26-16-17-27(28(26)18-7-8-19-29)23-11-9-15-25(21-23)32-24-13-5-4-6-14-24/h3-6,9-17,19,21H,7-8,18,20H2,1-2H3/b12-10-,22-3+. The average Bonchev–Trinajstić information content (AvgIpc) is 3.21. The Morgan fingerprint density at radius 1 is 1.00 bits per heavy atom. The van der Waals surface area contributed by atoms with Crippen molar-refractivity contribution >= 4 is 21.7 Å². The van der Waals surface area contributed by atoms with Crippen molar-refractivity contribution in [1.29, 1.82) is 0 Å². The summed E-state index contributed by atoms with van der Waals surface area (Å²) in [5, 5.41) is 0. The van der Waals surface area contributed by atoms with E-state index in [0.29, 0.717) is 19.4 Å². The van der Waals surface area contributed by atoms with Gasteiger partial charge in [-0.2, -0.15) is 0 Å². The first kappa shape index (κ1) is 24.3. The lowest BCUT2D eigenvalue weighted by molar-refractivity contribution is -0.107. The van der Waals surface area contributed by atoms with Gasteiger partial charge in [0.25, 0.3) is 0 Å². The second-order valence-corrected chi connectivity index (χ2v) is 9.93. The Morgan fingerprint density at radius 3 is 2.45 bits per heavy atom. The summed E-state index contributed by atoms with van der Waals surface area (Å²) in [5.74, 6) is 1.49. The van der Waals surface area contributed by atoms with Crippen LogP contribution in [-0.2, 0) is 21.2 Å². The molecule has 3 aromatic rings. The quantitative estimate of drug-likeness (QED) is 0.201. The van der Waals surface area contributed by atoms with Gasteiger partial charge in [0.05, 0.1) is 5.75 Å². The first-order valence-corrected chi connectivity index (χ1v) is 12.9. The summed E-state index contributed by atoms with van der Waals surface area (Å²) in [7, 11) is -3.08. The van der Waals surface area contributed by atoms with Crippen molar-refractivity contribution in [2.24, 2.45) is 0 Å². The van der Waals surface area contributed by atoms with E-state index in [-0.39, 0.29) is 5.75 Å². The van der Waals surface area contributed by atoms with Crippen LogP contribution in [0.25, 0.3) is 16.8 Å². The lowest BCUT2D eigenvalue weighted by Crippen LogP contribution is -2.05. The van der Waals surface area contributed by atoms with Crippen LogP contribution in [0.15, 0.2) is 85.0 Å². The van der Waals surface area contributed by atoms with E-state index in [9.17, 15) is 13.2 Å². The summed E-state index contributed by atoms with van der Waals surface area (Å²) < 4.78 is 31.2. The number of benzene rings is 2. The number of allylic oxidation sites excluding steroid dienone is 3. The fourth-order valence-electron chi connectivity index (χ4n) is 3.57. The third-order valence-corrected chi connectivity index (χ3v) is 5.89. The van der Waals surface area contributed by atoms with E-state index in [0.717, 1.165) is 40.3 Å². The molecule has 0 bridgehead atoms. The van der Waals surface area contributed by atoms with Gasteiger partial charge in [0.2, 0.25) is 0 Å². The van der Waals surface area contributed by atoms with Gasteiger partial charge in [-0.3, -0.25) is 0 Å². The zero-order valence-electron chi connectivity index (χ0n) is 19.0. The normalized spacial score (nSPS) is 12.2. The topological polar surface area (TPSA) is 65.4 Å². The van der Waals surface area contributed by atoms with Crippen LogP contribution < -0.4 is 4.74 Å². The van der Waals surface area contributed by atoms with Crippen LogP contribution in [0.3, 0.4) is 0 Å². The number of hydrogen-bond donors (Lipinski definition) is 0. The predicted octanol–water partition coefficient (Wildman–Crippen LogP) is 5.93. The molecule has 0 atom stereocenters. The molecule has 0 spiro atoms. The molecule has 0 amide bonds. The molecule has 0 saturated heterocycles. The van der Waals surface area contributed by atoms with Gasteiger partial charge in [-0.05, 0) is 55.3 Å². The summed E-state index contributed by atoms with van der Waals surface area (Å²) in [4.78, 5) is 10.9. The van der Waals surface area contributed by atoms with Gasteiger partial charge in [-0.15, -0.1) is 0 Å². The molecule has 1 heterocycles. The van der Waals surface area contributed by atoms with Crippen molar-refractivity contribution in [1.82, 2.24) is 4.57 Å². The molecule has 6 heteroatoms. The lowest BCUT2D eigenvalue weighted by atomic mass is 10.1. The largest absolute Gasteiger partial charge is 0.457 e. The van der Waals surface area contributed by atoms with Crippen molar-refractivity contribution in [2.45, 2.75) is 26.3 Å². The molecule has 0 unspecified atom stereocenters. The molecule has 3 rings (SSSR count). The Balaban J connectivity index is 1.96. The van der Waals surface area contributed by atoms with E-state index in [1.807, 2.05) is 85.8 Å². The summed E-state index contributed by atoms with van der Waals surface area (Å²) in [5.41, 5.74) is 3.90. The Bertz CT molecular complexity index is 1240. The summed E-state index contributed by atoms with van der Waals surface area (Å²) in [6.07, 6.45) is 8.80. The number of carbonyl (C=O) groups is 1. The summed E-state index contributed by atoms with van der Waals surface area (Å²) in [6, 6.07) is 21.6. The van der Waals surface area contributed by atoms with E-state index in [1.165, 1.54) is 6.26 Å². The Kier molecular flexibility index (Phi) is 8.44. The Labute approximate surface area is 196 Å². The number of ether oxygens (including phenoxy) is 1. The molecule has 0 aliphatic rings. The summed E-state index contributed by atoms with van der Waals surface area (Å²) in [6.45, 7) is 2.59. The number of aldehydes is 1. The van der Waals surface area contributed by atoms with Gasteiger partial charge in [-0.25, -0.2) is 8.42 Å². The Hall–Kier alpha value is -3.38. The molecular weight excluding hydrogens is 434 g/mol. The minimum Gasteiger partial charge on any atom is -0.457 e. The SMILES string of the molecule is C/C=C(\C=C/CS(C)(=O)=O)c1ccc(-c2cccc(Oc3ccccc3)c2)n1CCCC=O. The third kappa shape index (κ3) is 7.05. The minimum atomic E-state index is -3.08. The highest BCUT2D eigenvalue weighted by atomic mass is 32.2. The van der Waals surface area contributed by atoms with Crippen molar-refractivity contribution in [3.8, 4) is 22.8 Å². The molecule has 172 valence electrons. The van der Waals surface area contributed by atoms with Crippen LogP contribution >= 0.6 is 0 Å². The van der Waals surface area contributed by atoms with E-state index in [1.54, 1.807) is 6.08 Å². The lowest BCUT2D eigenvalue weighted by Gasteiger charge is -2.15. The van der Waals surface area contributed by atoms with Crippen LogP contribution in [0.1, 0.15) is 25.5 Å². The highest BCUT2D eigenvalue weighted by Gasteiger charge is 2.13. The number of para-hydroxylation sites is 1. The molecular formula is C27H29NO4S. The van der Waals surface area contributed by atoms with Crippen molar-refractivity contribution in [2.75, 3.05) is 12.0 Å². The highest BCUT2D eigenvalue weighted by molar-refractivity contribution is 7.90. The maximum Gasteiger partial charge on any atom is 0.151 e. The third-order valence-electron chi connectivity index (χ3n) is 5.10. The van der Waals surface area contributed by atoms with Crippen LogP contribution in [-0.4, -0.2) is 31.3 Å². The molecule has 0 fully saturated rings. The second kappa shape index (κ2) is 11.5. The molecule has 0 N–H and O–H groups in total. The second-order valence-electron chi connectivity index (χ2n) is 7.75. The smallest absolute Gasteiger partial charge is 0.151 e. The Morgan fingerprint density at radius 2 is 1.76 bits per heavy atom. The molecule has 0 radical (unpaired) electrons. The molecule has 5 nitrogen and oxygen atoms in total. The van der Waals surface area contributed by atoms with Crippen LogP contribution in [0.2, 0.25) is 0 Å². The summed E-state index contributed by atoms with van der Waals surface area (Å²) >= 11 is 0. The minimum absolute atomic E-state index is 0.0120. The van der Waals surface area contributed by atoms with E-state index in [4.69, 9.17) is 4.74 Å². The van der Waals surface area contributed by atoms with Crippen molar-refractivity contribution in [3.05, 3.63) is 90.7 Å². The zero-order chi connectivity index (χ0) is 23.7. The molecule has 2 aromatic carbocycles. The monoisotopic (exact) mass is 463 g/mol. The maximum absolute atomic E-state index is 11.5. The number of carbonyl (C=O) groups excluding carboxylic acids is 1. The van der Waals surface area contributed by atoms with E-state index < -0.39 is 9.84 Å². The fraction of sp³-hybridized carbons (Fsp3) is 0.222. The van der Waals surface area contributed by atoms with Gasteiger partial charge in [0.15, 0.2) is 9.84 Å². The number of sulfone groups is 1. The van der Waals surface area contributed by atoms with Gasteiger partial charge in [0, 0.05) is 36.2 Å². The molecule has 1 aromatic heterocycles.